The summed E-state index contributed by atoms with van der Waals surface area (Å²) in [5.74, 6) is -0.317. The molecule has 0 fully saturated rings. The Morgan fingerprint density at radius 2 is 2.03 bits per heavy atom. The largest absolute Gasteiger partial charge is 0.325 e. The van der Waals surface area contributed by atoms with Gasteiger partial charge in [0.15, 0.2) is 5.65 Å². The van der Waals surface area contributed by atoms with Gasteiger partial charge in [-0.1, -0.05) is 24.3 Å². The summed E-state index contributed by atoms with van der Waals surface area (Å²) in [6.45, 7) is -0.134. The second-order valence-electron chi connectivity index (χ2n) is 6.44. The van der Waals surface area contributed by atoms with Gasteiger partial charge in [-0.05, 0) is 35.9 Å². The molecule has 1 aromatic carbocycles. The van der Waals surface area contributed by atoms with Crippen molar-refractivity contribution in [2.75, 3.05) is 5.32 Å². The van der Waals surface area contributed by atoms with Crippen LogP contribution < -0.4 is 10.9 Å². The molecule has 4 aromatic rings. The number of rotatable bonds is 5. The average molecular weight is 386 g/mol. The van der Waals surface area contributed by atoms with Gasteiger partial charge in [0, 0.05) is 18.9 Å². The number of anilines is 1. The Hall–Kier alpha value is -4.07. The molecule has 1 N–H and O–H groups in total. The molecular weight excluding hydrogens is 368 g/mol. The fourth-order valence-electron chi connectivity index (χ4n) is 2.91. The van der Waals surface area contributed by atoms with E-state index in [9.17, 15) is 9.59 Å². The fraction of sp³-hybridized carbons (Fsp3) is 0.0952. The van der Waals surface area contributed by atoms with Gasteiger partial charge in [-0.2, -0.15) is 5.10 Å². The lowest BCUT2D eigenvalue weighted by Gasteiger charge is -2.08. The molecule has 0 atom stereocenters. The van der Waals surface area contributed by atoms with Crippen LogP contribution in [0.1, 0.15) is 11.3 Å². The van der Waals surface area contributed by atoms with E-state index in [-0.39, 0.29) is 18.0 Å². The molecule has 0 aliphatic heterocycles. The van der Waals surface area contributed by atoms with Crippen molar-refractivity contribution in [2.24, 2.45) is 7.05 Å². The number of aryl methyl sites for hydroxylation is 1. The Morgan fingerprint density at radius 1 is 1.14 bits per heavy atom. The molecule has 0 radical (unpaired) electrons. The molecule has 1 amide bonds. The second kappa shape index (κ2) is 7.89. The van der Waals surface area contributed by atoms with E-state index in [2.05, 4.69) is 20.4 Å². The summed E-state index contributed by atoms with van der Waals surface area (Å²) in [4.78, 5) is 33.3. The van der Waals surface area contributed by atoms with Crippen LogP contribution in [0.5, 0.6) is 0 Å². The molecule has 3 aromatic heterocycles. The quantitative estimate of drug-likeness (QED) is 0.568. The van der Waals surface area contributed by atoms with Crippen molar-refractivity contribution in [2.45, 2.75) is 6.54 Å². The fourth-order valence-corrected chi connectivity index (χ4v) is 2.91. The van der Waals surface area contributed by atoms with E-state index < -0.39 is 0 Å². The summed E-state index contributed by atoms with van der Waals surface area (Å²) in [7, 11) is 1.71. The zero-order valence-electron chi connectivity index (χ0n) is 15.7. The minimum atomic E-state index is -0.317. The van der Waals surface area contributed by atoms with Crippen molar-refractivity contribution in [1.29, 1.82) is 0 Å². The van der Waals surface area contributed by atoms with Crippen LogP contribution in [0.2, 0.25) is 0 Å². The first kappa shape index (κ1) is 18.3. The third-order valence-corrected chi connectivity index (χ3v) is 4.34. The zero-order chi connectivity index (χ0) is 20.2. The van der Waals surface area contributed by atoms with Crippen LogP contribution in [-0.2, 0) is 18.4 Å². The minimum Gasteiger partial charge on any atom is -0.325 e. The highest BCUT2D eigenvalue weighted by molar-refractivity contribution is 5.91. The Morgan fingerprint density at radius 3 is 2.86 bits per heavy atom. The van der Waals surface area contributed by atoms with E-state index in [0.717, 1.165) is 11.3 Å². The Balaban J connectivity index is 1.47. The molecule has 29 heavy (non-hydrogen) atoms. The number of amides is 1. The van der Waals surface area contributed by atoms with Gasteiger partial charge in [-0.3, -0.25) is 23.8 Å². The Kier molecular flexibility index (Phi) is 4.98. The van der Waals surface area contributed by atoms with Crippen LogP contribution in [0.15, 0.2) is 66.0 Å². The van der Waals surface area contributed by atoms with Crippen LogP contribution in [0.25, 0.3) is 23.2 Å². The normalized spacial score (nSPS) is 11.2. The van der Waals surface area contributed by atoms with Gasteiger partial charge in [-0.15, -0.1) is 0 Å². The van der Waals surface area contributed by atoms with Gasteiger partial charge >= 0.3 is 0 Å². The molecule has 0 saturated heterocycles. The lowest BCUT2D eigenvalue weighted by Crippen LogP contribution is -2.27. The number of fused-ring (bicyclic) bond motifs is 1. The maximum Gasteiger partial charge on any atom is 0.264 e. The molecule has 0 unspecified atom stereocenters. The second-order valence-corrected chi connectivity index (χ2v) is 6.44. The first-order valence-corrected chi connectivity index (χ1v) is 8.96. The van der Waals surface area contributed by atoms with Crippen LogP contribution in [0.3, 0.4) is 0 Å². The molecule has 0 saturated carbocycles. The maximum atomic E-state index is 12.5. The summed E-state index contributed by atoms with van der Waals surface area (Å²) in [5.41, 5.74) is 2.59. The number of hydrogen-bond donors (Lipinski definition) is 1. The molecule has 0 aliphatic carbocycles. The van der Waals surface area contributed by atoms with E-state index in [4.69, 9.17) is 0 Å². The van der Waals surface area contributed by atoms with E-state index in [1.54, 1.807) is 19.3 Å². The first-order chi connectivity index (χ1) is 14.1. The molecule has 8 nitrogen and oxygen atoms in total. The van der Waals surface area contributed by atoms with Crippen LogP contribution in [-0.4, -0.2) is 30.2 Å². The number of nitrogens with zero attached hydrogens (tertiary/aromatic N) is 5. The summed E-state index contributed by atoms with van der Waals surface area (Å²) in [6, 6.07) is 13.1. The van der Waals surface area contributed by atoms with Crippen molar-refractivity contribution >= 4 is 34.8 Å². The third kappa shape index (κ3) is 4.11. The molecule has 0 bridgehead atoms. The molecule has 0 aliphatic rings. The summed E-state index contributed by atoms with van der Waals surface area (Å²) < 4.78 is 2.79. The molecular formula is C21H18N6O2. The highest BCUT2D eigenvalue weighted by Gasteiger charge is 2.11. The highest BCUT2D eigenvalue weighted by Crippen LogP contribution is 2.13. The van der Waals surface area contributed by atoms with E-state index in [1.165, 1.54) is 21.8 Å². The third-order valence-electron chi connectivity index (χ3n) is 4.34. The predicted octanol–water partition coefficient (Wildman–Crippen LogP) is 2.33. The number of benzene rings is 1. The highest BCUT2D eigenvalue weighted by atomic mass is 16.2. The molecule has 144 valence electrons. The van der Waals surface area contributed by atoms with Crippen molar-refractivity contribution in [1.82, 2.24) is 24.3 Å². The Bertz CT molecular complexity index is 1260. The van der Waals surface area contributed by atoms with Crippen molar-refractivity contribution in [3.8, 4) is 0 Å². The number of nitrogens with one attached hydrogen (secondary N) is 1. The number of hydrogen-bond acceptors (Lipinski definition) is 5. The average Bonchev–Trinajstić information content (AvgIpc) is 3.11. The van der Waals surface area contributed by atoms with Crippen molar-refractivity contribution in [3.63, 3.8) is 0 Å². The summed E-state index contributed by atoms with van der Waals surface area (Å²) in [6.07, 6.45) is 8.36. The van der Waals surface area contributed by atoms with Gasteiger partial charge in [0.1, 0.15) is 18.3 Å². The molecule has 3 heterocycles. The molecule has 8 heteroatoms. The van der Waals surface area contributed by atoms with E-state index >= 15 is 0 Å². The van der Waals surface area contributed by atoms with E-state index in [1.807, 2.05) is 48.6 Å². The van der Waals surface area contributed by atoms with Crippen LogP contribution >= 0.6 is 0 Å². The lowest BCUT2D eigenvalue weighted by atomic mass is 10.1. The molecule has 0 spiro atoms. The maximum absolute atomic E-state index is 12.5. The lowest BCUT2D eigenvalue weighted by molar-refractivity contribution is -0.116. The van der Waals surface area contributed by atoms with Gasteiger partial charge in [0.25, 0.3) is 5.56 Å². The van der Waals surface area contributed by atoms with Crippen molar-refractivity contribution in [3.05, 3.63) is 82.8 Å². The number of aromatic nitrogens is 5. The van der Waals surface area contributed by atoms with Gasteiger partial charge in [0.2, 0.25) is 5.91 Å². The topological polar surface area (TPSA) is 94.7 Å². The van der Waals surface area contributed by atoms with Crippen LogP contribution in [0.4, 0.5) is 5.69 Å². The van der Waals surface area contributed by atoms with Gasteiger partial charge in [-0.25, -0.2) is 4.98 Å². The standard InChI is InChI=1S/C21H18N6O2/c1-26-20-18(12-24-26)21(29)27(14-23-20)13-19(28)25-17-7-4-5-15(11-17)8-9-16-6-2-3-10-22-16/h2-12,14H,13H2,1H3,(H,25,28). The smallest absolute Gasteiger partial charge is 0.264 e. The number of pyridine rings is 1. The SMILES string of the molecule is Cn1ncc2c(=O)n(CC(=O)Nc3cccc(C=Cc4ccccn4)c3)cnc21. The summed E-state index contributed by atoms with van der Waals surface area (Å²) in [5, 5.41) is 7.21. The van der Waals surface area contributed by atoms with Crippen molar-refractivity contribution < 1.29 is 4.79 Å². The minimum absolute atomic E-state index is 0.134. The first-order valence-electron chi connectivity index (χ1n) is 8.96. The van der Waals surface area contributed by atoms with Gasteiger partial charge < -0.3 is 5.32 Å². The van der Waals surface area contributed by atoms with Gasteiger partial charge in [0.05, 0.1) is 11.9 Å². The monoisotopic (exact) mass is 386 g/mol. The summed E-state index contributed by atoms with van der Waals surface area (Å²) >= 11 is 0. The zero-order valence-corrected chi connectivity index (χ0v) is 15.7. The molecule has 4 rings (SSSR count). The van der Waals surface area contributed by atoms with Crippen LogP contribution in [0, 0.1) is 0 Å². The van der Waals surface area contributed by atoms with E-state index in [0.29, 0.717) is 16.7 Å². The number of carbonyl (C=O) groups excluding carboxylic acids is 1. The Labute approximate surface area is 166 Å². The number of carbonyl (C=O) groups is 1. The predicted molar refractivity (Wildman–Crippen MR) is 111 cm³/mol.